The van der Waals surface area contributed by atoms with Gasteiger partial charge in [-0.25, -0.2) is 4.79 Å². The van der Waals surface area contributed by atoms with Crippen molar-refractivity contribution in [1.29, 1.82) is 0 Å². The number of unbranched alkanes of at least 4 members (excludes halogenated alkanes) is 1. The number of ether oxygens (including phenoxy) is 2. The maximum Gasteiger partial charge on any atom is 0.331 e. The third-order valence-electron chi connectivity index (χ3n) is 3.54. The van der Waals surface area contributed by atoms with E-state index in [0.29, 0.717) is 6.61 Å². The highest BCUT2D eigenvalue weighted by Crippen LogP contribution is 2.19. The Morgan fingerprint density at radius 3 is 2.71 bits per heavy atom. The number of esters is 1. The standard InChI is InChI=1S/C17H22O4/c1-2-3-9-14(17(19)15-10-11-16(18)21-15)20-12-13-7-5-4-6-8-13/h4-8,10-11,14-15,17,19H,2-3,9,12H2,1H3/t14-,15+,17+/m0/s1. The fourth-order valence-electron chi connectivity index (χ4n) is 2.32. The van der Waals surface area contributed by atoms with Gasteiger partial charge in [0.15, 0.2) is 0 Å². The molecule has 2 rings (SSSR count). The summed E-state index contributed by atoms with van der Waals surface area (Å²) in [6.45, 7) is 2.53. The highest BCUT2D eigenvalue weighted by molar-refractivity contribution is 5.84. The Morgan fingerprint density at radius 2 is 2.10 bits per heavy atom. The van der Waals surface area contributed by atoms with Gasteiger partial charge in [0.2, 0.25) is 0 Å². The molecule has 0 aromatic heterocycles. The molecule has 0 saturated heterocycles. The van der Waals surface area contributed by atoms with Gasteiger partial charge in [-0.3, -0.25) is 0 Å². The fourth-order valence-corrected chi connectivity index (χ4v) is 2.32. The lowest BCUT2D eigenvalue weighted by Crippen LogP contribution is -2.38. The normalized spacial score (nSPS) is 20.3. The second-order valence-corrected chi connectivity index (χ2v) is 5.23. The van der Waals surface area contributed by atoms with Crippen LogP contribution in [0.4, 0.5) is 0 Å². The van der Waals surface area contributed by atoms with Gasteiger partial charge in [0.25, 0.3) is 0 Å². The summed E-state index contributed by atoms with van der Waals surface area (Å²) in [5.41, 5.74) is 1.06. The van der Waals surface area contributed by atoms with Gasteiger partial charge < -0.3 is 14.6 Å². The molecule has 114 valence electrons. The van der Waals surface area contributed by atoms with Crippen molar-refractivity contribution in [3.8, 4) is 0 Å². The predicted molar refractivity (Wildman–Crippen MR) is 79.6 cm³/mol. The molecule has 0 radical (unpaired) electrons. The Hall–Kier alpha value is -1.65. The number of hydrogen-bond donors (Lipinski definition) is 1. The number of benzene rings is 1. The third kappa shape index (κ3) is 4.69. The molecule has 1 aromatic rings. The lowest BCUT2D eigenvalue weighted by molar-refractivity contribution is -0.149. The number of carbonyl (C=O) groups is 1. The van der Waals surface area contributed by atoms with E-state index >= 15 is 0 Å². The van der Waals surface area contributed by atoms with Gasteiger partial charge in [-0.15, -0.1) is 0 Å². The van der Waals surface area contributed by atoms with E-state index in [1.54, 1.807) is 6.08 Å². The summed E-state index contributed by atoms with van der Waals surface area (Å²) in [6, 6.07) is 9.84. The summed E-state index contributed by atoms with van der Waals surface area (Å²) in [5, 5.41) is 10.4. The van der Waals surface area contributed by atoms with Gasteiger partial charge in [-0.05, 0) is 18.1 Å². The number of cyclic esters (lactones) is 1. The quantitative estimate of drug-likeness (QED) is 0.748. The maximum atomic E-state index is 11.1. The number of aliphatic hydroxyl groups excluding tert-OH is 1. The summed E-state index contributed by atoms with van der Waals surface area (Å²) in [4.78, 5) is 11.1. The molecule has 1 aliphatic heterocycles. The molecule has 0 aliphatic carbocycles. The van der Waals surface area contributed by atoms with Crippen LogP contribution in [0, 0.1) is 0 Å². The van der Waals surface area contributed by atoms with Gasteiger partial charge in [-0.2, -0.15) is 0 Å². The average molecular weight is 290 g/mol. The van der Waals surface area contributed by atoms with E-state index in [-0.39, 0.29) is 6.10 Å². The van der Waals surface area contributed by atoms with Crippen molar-refractivity contribution in [2.45, 2.75) is 51.1 Å². The van der Waals surface area contributed by atoms with Crippen molar-refractivity contribution in [2.24, 2.45) is 0 Å². The van der Waals surface area contributed by atoms with E-state index < -0.39 is 18.2 Å². The Kier molecular flexibility index (Phi) is 5.96. The number of carbonyl (C=O) groups excluding carboxylic acids is 1. The molecule has 1 N–H and O–H groups in total. The first-order valence-corrected chi connectivity index (χ1v) is 7.43. The maximum absolute atomic E-state index is 11.1. The van der Waals surface area contributed by atoms with Crippen LogP contribution in [0.1, 0.15) is 31.7 Å². The largest absolute Gasteiger partial charge is 0.452 e. The predicted octanol–water partition coefficient (Wildman–Crippen LogP) is 2.60. The highest BCUT2D eigenvalue weighted by atomic mass is 16.6. The molecule has 0 bridgehead atoms. The smallest absolute Gasteiger partial charge is 0.331 e. The van der Waals surface area contributed by atoms with Crippen molar-refractivity contribution >= 4 is 5.97 Å². The Balaban J connectivity index is 1.93. The first-order valence-electron chi connectivity index (χ1n) is 7.43. The molecule has 0 amide bonds. The number of rotatable bonds is 8. The minimum atomic E-state index is -0.831. The van der Waals surface area contributed by atoms with E-state index in [9.17, 15) is 9.90 Å². The second kappa shape index (κ2) is 7.96. The molecule has 3 atom stereocenters. The Bertz CT molecular complexity index is 469. The summed E-state index contributed by atoms with van der Waals surface area (Å²) >= 11 is 0. The summed E-state index contributed by atoms with van der Waals surface area (Å²) in [7, 11) is 0. The van der Waals surface area contributed by atoms with E-state index in [2.05, 4.69) is 6.92 Å². The Morgan fingerprint density at radius 1 is 1.33 bits per heavy atom. The minimum Gasteiger partial charge on any atom is -0.452 e. The molecular formula is C17H22O4. The molecule has 1 aromatic carbocycles. The van der Waals surface area contributed by atoms with Gasteiger partial charge in [-0.1, -0.05) is 50.1 Å². The molecule has 0 unspecified atom stereocenters. The van der Waals surface area contributed by atoms with E-state index in [4.69, 9.17) is 9.47 Å². The summed E-state index contributed by atoms with van der Waals surface area (Å²) in [5.74, 6) is -0.406. The van der Waals surface area contributed by atoms with Crippen LogP contribution in [0.5, 0.6) is 0 Å². The van der Waals surface area contributed by atoms with Crippen LogP contribution in [0.15, 0.2) is 42.5 Å². The monoisotopic (exact) mass is 290 g/mol. The molecule has 1 aliphatic rings. The Labute approximate surface area is 125 Å². The number of hydrogen-bond acceptors (Lipinski definition) is 4. The van der Waals surface area contributed by atoms with Crippen LogP contribution in [0.2, 0.25) is 0 Å². The van der Waals surface area contributed by atoms with Crippen LogP contribution in [-0.2, 0) is 20.9 Å². The SMILES string of the molecule is CCCC[C@H](OCc1ccccc1)[C@@H](O)[C@H]1C=CC(=O)O1. The molecule has 4 nitrogen and oxygen atoms in total. The van der Waals surface area contributed by atoms with Crippen LogP contribution in [0.25, 0.3) is 0 Å². The minimum absolute atomic E-state index is 0.342. The van der Waals surface area contributed by atoms with Gasteiger partial charge in [0.05, 0.1) is 12.7 Å². The van der Waals surface area contributed by atoms with Gasteiger partial charge in [0, 0.05) is 6.08 Å². The summed E-state index contributed by atoms with van der Waals surface area (Å²) in [6.07, 6.45) is 3.90. The van der Waals surface area contributed by atoms with Crippen molar-refractivity contribution < 1.29 is 19.4 Å². The van der Waals surface area contributed by atoms with Crippen molar-refractivity contribution in [2.75, 3.05) is 0 Å². The first-order chi connectivity index (χ1) is 10.2. The zero-order valence-electron chi connectivity index (χ0n) is 12.3. The zero-order valence-corrected chi connectivity index (χ0v) is 12.3. The molecule has 0 spiro atoms. The highest BCUT2D eigenvalue weighted by Gasteiger charge is 2.31. The third-order valence-corrected chi connectivity index (χ3v) is 3.54. The lowest BCUT2D eigenvalue weighted by Gasteiger charge is -2.26. The van der Waals surface area contributed by atoms with E-state index in [0.717, 1.165) is 24.8 Å². The van der Waals surface area contributed by atoms with Crippen LogP contribution < -0.4 is 0 Å². The summed E-state index contributed by atoms with van der Waals surface area (Å²) < 4.78 is 10.9. The van der Waals surface area contributed by atoms with Gasteiger partial charge >= 0.3 is 5.97 Å². The number of aliphatic hydroxyl groups is 1. The van der Waals surface area contributed by atoms with Crippen LogP contribution in [-0.4, -0.2) is 29.4 Å². The molecule has 0 saturated carbocycles. The van der Waals surface area contributed by atoms with Crippen molar-refractivity contribution in [3.05, 3.63) is 48.0 Å². The molecule has 0 fully saturated rings. The molecule has 21 heavy (non-hydrogen) atoms. The lowest BCUT2D eigenvalue weighted by atomic mass is 10.0. The second-order valence-electron chi connectivity index (χ2n) is 5.23. The van der Waals surface area contributed by atoms with Crippen molar-refractivity contribution in [3.63, 3.8) is 0 Å². The van der Waals surface area contributed by atoms with Crippen LogP contribution in [0.3, 0.4) is 0 Å². The molecule has 4 heteroatoms. The first kappa shape index (κ1) is 15.7. The topological polar surface area (TPSA) is 55.8 Å². The average Bonchev–Trinajstić information content (AvgIpc) is 2.94. The fraction of sp³-hybridized carbons (Fsp3) is 0.471. The van der Waals surface area contributed by atoms with Crippen molar-refractivity contribution in [1.82, 2.24) is 0 Å². The van der Waals surface area contributed by atoms with E-state index in [1.165, 1.54) is 6.08 Å². The van der Waals surface area contributed by atoms with E-state index in [1.807, 2.05) is 30.3 Å². The van der Waals surface area contributed by atoms with Crippen LogP contribution >= 0.6 is 0 Å². The molecule has 1 heterocycles. The van der Waals surface area contributed by atoms with Gasteiger partial charge in [0.1, 0.15) is 12.2 Å². The zero-order chi connectivity index (χ0) is 15.1. The molecular weight excluding hydrogens is 268 g/mol.